The monoisotopic (exact) mass is 437 g/mol. The molecule has 0 saturated carbocycles. The van der Waals surface area contributed by atoms with E-state index in [1.54, 1.807) is 18.3 Å². The van der Waals surface area contributed by atoms with Crippen molar-refractivity contribution in [2.75, 3.05) is 19.6 Å². The number of carboxylic acids is 1. The molecule has 1 aliphatic heterocycles. The highest BCUT2D eigenvalue weighted by molar-refractivity contribution is 5.94. The number of pyridine rings is 1. The molecule has 0 atom stereocenters. The number of hydrogen-bond acceptors (Lipinski definition) is 5. The Kier molecular flexibility index (Phi) is 8.12. The second-order valence-electron chi connectivity index (χ2n) is 6.09. The summed E-state index contributed by atoms with van der Waals surface area (Å²) in [7, 11) is 0. The first-order valence-electron chi connectivity index (χ1n) is 8.88. The van der Waals surface area contributed by atoms with Gasteiger partial charge >= 0.3 is 12.1 Å². The van der Waals surface area contributed by atoms with Gasteiger partial charge in [-0.2, -0.15) is 13.2 Å². The Hall–Kier alpha value is -3.89. The maximum Gasteiger partial charge on any atom is 0.490 e. The van der Waals surface area contributed by atoms with Gasteiger partial charge < -0.3 is 20.1 Å². The van der Waals surface area contributed by atoms with Gasteiger partial charge in [0.05, 0.1) is 6.54 Å². The minimum atomic E-state index is -5.08. The minimum Gasteiger partial charge on any atom is -0.475 e. The average Bonchev–Trinajstić information content (AvgIpc) is 2.73. The highest BCUT2D eigenvalue weighted by Gasteiger charge is 2.38. The zero-order valence-corrected chi connectivity index (χ0v) is 16.0. The number of hydrogen-bond donors (Lipinski definition) is 2. The lowest BCUT2D eigenvalue weighted by Crippen LogP contribution is -2.49. The number of aliphatic carboxylic acids is 1. The Bertz CT molecular complexity index is 931. The van der Waals surface area contributed by atoms with E-state index in [0.717, 1.165) is 5.56 Å². The smallest absolute Gasteiger partial charge is 0.475 e. The van der Waals surface area contributed by atoms with Crippen LogP contribution in [0.25, 0.3) is 6.08 Å². The van der Waals surface area contributed by atoms with Crippen molar-refractivity contribution in [3.05, 3.63) is 60.3 Å². The molecular formula is C20H18F3N3O5. The van der Waals surface area contributed by atoms with Crippen LogP contribution in [0.5, 0.6) is 11.6 Å². The molecule has 11 heteroatoms. The lowest BCUT2D eigenvalue weighted by molar-refractivity contribution is -0.192. The molecule has 0 spiro atoms. The molecule has 1 aromatic heterocycles. The quantitative estimate of drug-likeness (QED) is 0.712. The number of amides is 2. The fourth-order valence-corrected chi connectivity index (χ4v) is 2.26. The van der Waals surface area contributed by atoms with Crippen LogP contribution in [0.15, 0.2) is 54.7 Å². The summed E-state index contributed by atoms with van der Waals surface area (Å²) in [6.07, 6.45) is -0.327. The Morgan fingerprint density at radius 3 is 2.39 bits per heavy atom. The van der Waals surface area contributed by atoms with E-state index < -0.39 is 12.1 Å². The van der Waals surface area contributed by atoms with Crippen LogP contribution < -0.4 is 10.1 Å². The van der Waals surface area contributed by atoms with Crippen molar-refractivity contribution in [3.63, 3.8) is 0 Å². The molecule has 1 aromatic carbocycles. The molecule has 2 amide bonds. The highest BCUT2D eigenvalue weighted by atomic mass is 19.4. The number of carbonyl (C=O) groups is 3. The largest absolute Gasteiger partial charge is 0.490 e. The number of carbonyl (C=O) groups excluding carboxylic acids is 2. The number of alkyl halides is 3. The summed E-state index contributed by atoms with van der Waals surface area (Å²) >= 11 is 0. The van der Waals surface area contributed by atoms with Crippen molar-refractivity contribution in [3.8, 4) is 11.6 Å². The zero-order chi connectivity index (χ0) is 22.9. The van der Waals surface area contributed by atoms with Crippen molar-refractivity contribution >= 4 is 23.9 Å². The van der Waals surface area contributed by atoms with Crippen LogP contribution >= 0.6 is 0 Å². The first-order chi connectivity index (χ1) is 14.6. The number of benzene rings is 1. The molecule has 0 bridgehead atoms. The van der Waals surface area contributed by atoms with Gasteiger partial charge in [-0.15, -0.1) is 0 Å². The predicted octanol–water partition coefficient (Wildman–Crippen LogP) is 2.48. The van der Waals surface area contributed by atoms with Gasteiger partial charge in [0.2, 0.25) is 17.7 Å². The van der Waals surface area contributed by atoms with Gasteiger partial charge in [-0.05, 0) is 29.8 Å². The first-order valence-corrected chi connectivity index (χ1v) is 8.88. The lowest BCUT2D eigenvalue weighted by atomic mass is 10.2. The van der Waals surface area contributed by atoms with E-state index in [2.05, 4.69) is 10.3 Å². The van der Waals surface area contributed by atoms with Crippen LogP contribution in [0.4, 0.5) is 13.2 Å². The predicted molar refractivity (Wildman–Crippen MR) is 103 cm³/mol. The summed E-state index contributed by atoms with van der Waals surface area (Å²) in [4.78, 5) is 37.9. The SMILES string of the molecule is O=C(O)C(F)(F)F.O=C1CN(C(=O)/C=C/c2ccc(Oc3ccccc3)nc2)CCN1. The van der Waals surface area contributed by atoms with Crippen LogP contribution in [0, 0.1) is 0 Å². The Morgan fingerprint density at radius 1 is 1.16 bits per heavy atom. The van der Waals surface area contributed by atoms with E-state index >= 15 is 0 Å². The number of halogens is 3. The normalized spacial score (nSPS) is 13.8. The fraction of sp³-hybridized carbons (Fsp3) is 0.200. The Morgan fingerprint density at radius 2 is 1.84 bits per heavy atom. The molecule has 0 aliphatic carbocycles. The van der Waals surface area contributed by atoms with Crippen molar-refractivity contribution in [2.24, 2.45) is 0 Å². The van der Waals surface area contributed by atoms with Gasteiger partial charge in [0.25, 0.3) is 0 Å². The van der Waals surface area contributed by atoms with Gasteiger partial charge in [-0.25, -0.2) is 9.78 Å². The molecule has 164 valence electrons. The van der Waals surface area contributed by atoms with E-state index in [1.165, 1.54) is 11.0 Å². The molecular weight excluding hydrogens is 419 g/mol. The number of aromatic nitrogens is 1. The summed E-state index contributed by atoms with van der Waals surface area (Å²) in [5.41, 5.74) is 0.783. The summed E-state index contributed by atoms with van der Waals surface area (Å²) in [6, 6.07) is 12.9. The summed E-state index contributed by atoms with van der Waals surface area (Å²) < 4.78 is 37.3. The van der Waals surface area contributed by atoms with E-state index in [-0.39, 0.29) is 18.4 Å². The molecule has 0 unspecified atom stereocenters. The molecule has 1 aliphatic rings. The van der Waals surface area contributed by atoms with Gasteiger partial charge in [-0.3, -0.25) is 9.59 Å². The molecule has 31 heavy (non-hydrogen) atoms. The van der Waals surface area contributed by atoms with Crippen molar-refractivity contribution in [1.29, 1.82) is 0 Å². The van der Waals surface area contributed by atoms with Crippen LogP contribution in [0.3, 0.4) is 0 Å². The maximum absolute atomic E-state index is 12.0. The molecule has 0 radical (unpaired) electrons. The van der Waals surface area contributed by atoms with Crippen molar-refractivity contribution in [1.82, 2.24) is 15.2 Å². The topological polar surface area (TPSA) is 109 Å². The second-order valence-corrected chi connectivity index (χ2v) is 6.09. The molecule has 3 rings (SSSR count). The number of rotatable bonds is 4. The summed E-state index contributed by atoms with van der Waals surface area (Å²) in [5.74, 6) is -1.88. The lowest BCUT2D eigenvalue weighted by Gasteiger charge is -2.25. The summed E-state index contributed by atoms with van der Waals surface area (Å²) in [6.45, 7) is 1.12. The van der Waals surface area contributed by atoms with Crippen molar-refractivity contribution < 1.29 is 37.4 Å². The van der Waals surface area contributed by atoms with E-state index in [0.29, 0.717) is 24.7 Å². The molecule has 1 saturated heterocycles. The molecule has 2 N–H and O–H groups in total. The second kappa shape index (κ2) is 10.8. The maximum atomic E-state index is 12.0. The number of carboxylic acid groups (broad SMARTS) is 1. The van der Waals surface area contributed by atoms with Gasteiger partial charge in [0.15, 0.2) is 0 Å². The van der Waals surface area contributed by atoms with Crippen LogP contribution in [0.2, 0.25) is 0 Å². The molecule has 2 heterocycles. The fourth-order valence-electron chi connectivity index (χ4n) is 2.26. The van der Waals surface area contributed by atoms with Crippen LogP contribution in [-0.4, -0.2) is 58.6 Å². The number of nitrogens with zero attached hydrogens (tertiary/aromatic N) is 2. The third-order valence-electron chi connectivity index (χ3n) is 3.74. The summed E-state index contributed by atoms with van der Waals surface area (Å²) in [5, 5.41) is 9.81. The Labute approximate surface area is 175 Å². The van der Waals surface area contributed by atoms with Gasteiger partial charge in [-0.1, -0.05) is 18.2 Å². The average molecular weight is 437 g/mol. The standard InChI is InChI=1S/C18H17N3O3.C2HF3O2/c22-16-13-21(11-10-19-16)18(23)9-7-14-6-8-17(20-12-14)24-15-4-2-1-3-5-15;3-2(4,5)1(6)7/h1-9,12H,10-11,13H2,(H,19,22);(H,6,7)/b9-7+;. The van der Waals surface area contributed by atoms with Crippen LogP contribution in [0.1, 0.15) is 5.56 Å². The first kappa shape index (κ1) is 23.4. The van der Waals surface area contributed by atoms with E-state index in [9.17, 15) is 22.8 Å². The number of piperazine rings is 1. The van der Waals surface area contributed by atoms with Crippen LogP contribution in [-0.2, 0) is 14.4 Å². The van der Waals surface area contributed by atoms with E-state index in [4.69, 9.17) is 14.6 Å². The van der Waals surface area contributed by atoms with Crippen molar-refractivity contribution in [2.45, 2.75) is 6.18 Å². The minimum absolute atomic E-state index is 0.102. The molecule has 1 fully saturated rings. The molecule has 2 aromatic rings. The zero-order valence-electron chi connectivity index (χ0n) is 16.0. The number of nitrogens with one attached hydrogen (secondary N) is 1. The Balaban J connectivity index is 0.000000423. The van der Waals surface area contributed by atoms with Gasteiger partial charge in [0.1, 0.15) is 5.75 Å². The number of ether oxygens (including phenoxy) is 1. The van der Waals surface area contributed by atoms with Gasteiger partial charge in [0, 0.05) is 31.4 Å². The third kappa shape index (κ3) is 8.17. The van der Waals surface area contributed by atoms with E-state index in [1.807, 2.05) is 36.4 Å². The number of para-hydroxylation sites is 1. The highest BCUT2D eigenvalue weighted by Crippen LogP contribution is 2.18. The molecule has 8 nitrogen and oxygen atoms in total. The third-order valence-corrected chi connectivity index (χ3v) is 3.74.